The van der Waals surface area contributed by atoms with Gasteiger partial charge >= 0.3 is 0 Å². The third-order valence-electron chi connectivity index (χ3n) is 3.74. The summed E-state index contributed by atoms with van der Waals surface area (Å²) < 4.78 is 0. The van der Waals surface area contributed by atoms with Crippen LogP contribution in [0.4, 0.5) is 0 Å². The van der Waals surface area contributed by atoms with Crippen LogP contribution in [0.5, 0.6) is 0 Å². The Kier molecular flexibility index (Phi) is 2.20. The van der Waals surface area contributed by atoms with Crippen LogP contribution >= 0.6 is 0 Å². The standard InChI is InChI=1S/C11H20N2/c1-9-4-5-10(13(3)12-2)11(8-9)6-7-11/h4,10,12H,5-8H2,1-3H3. The van der Waals surface area contributed by atoms with Gasteiger partial charge in [0.25, 0.3) is 0 Å². The molecule has 0 radical (unpaired) electrons. The summed E-state index contributed by atoms with van der Waals surface area (Å²) in [5.74, 6) is 0. The van der Waals surface area contributed by atoms with Crippen LogP contribution < -0.4 is 5.43 Å². The first-order chi connectivity index (χ1) is 6.18. The van der Waals surface area contributed by atoms with Gasteiger partial charge in [0.05, 0.1) is 0 Å². The predicted molar refractivity (Wildman–Crippen MR) is 55.3 cm³/mol. The molecule has 1 saturated carbocycles. The molecule has 0 aliphatic heterocycles. The van der Waals surface area contributed by atoms with E-state index in [4.69, 9.17) is 0 Å². The fraction of sp³-hybridized carbons (Fsp3) is 0.818. The summed E-state index contributed by atoms with van der Waals surface area (Å²) in [6.07, 6.45) is 7.80. The van der Waals surface area contributed by atoms with Crippen LogP contribution in [0.3, 0.4) is 0 Å². The molecule has 1 fully saturated rings. The molecule has 0 aromatic rings. The van der Waals surface area contributed by atoms with Gasteiger partial charge in [0.1, 0.15) is 0 Å². The Morgan fingerprint density at radius 3 is 2.77 bits per heavy atom. The zero-order valence-electron chi connectivity index (χ0n) is 8.93. The molecule has 0 heterocycles. The summed E-state index contributed by atoms with van der Waals surface area (Å²) in [5, 5.41) is 2.29. The van der Waals surface area contributed by atoms with Gasteiger partial charge in [-0.15, -0.1) is 0 Å². The molecule has 1 unspecified atom stereocenters. The summed E-state index contributed by atoms with van der Waals surface area (Å²) >= 11 is 0. The largest absolute Gasteiger partial charge is 0.258 e. The minimum absolute atomic E-state index is 0.636. The molecule has 1 atom stereocenters. The second kappa shape index (κ2) is 3.10. The quantitative estimate of drug-likeness (QED) is 0.516. The minimum Gasteiger partial charge on any atom is -0.258 e. The lowest BCUT2D eigenvalue weighted by Crippen LogP contribution is -2.46. The Hall–Kier alpha value is -0.340. The normalized spacial score (nSPS) is 30.8. The number of rotatable bonds is 2. The lowest BCUT2D eigenvalue weighted by Gasteiger charge is -2.37. The van der Waals surface area contributed by atoms with Crippen LogP contribution in [0.25, 0.3) is 0 Å². The van der Waals surface area contributed by atoms with Crippen molar-refractivity contribution in [1.29, 1.82) is 0 Å². The Balaban J connectivity index is 2.11. The molecule has 0 aromatic carbocycles. The van der Waals surface area contributed by atoms with Crippen molar-refractivity contribution >= 4 is 0 Å². The van der Waals surface area contributed by atoms with Crippen molar-refractivity contribution in [2.75, 3.05) is 14.1 Å². The van der Waals surface area contributed by atoms with Gasteiger partial charge in [-0.2, -0.15) is 0 Å². The van der Waals surface area contributed by atoms with Gasteiger partial charge in [0, 0.05) is 13.1 Å². The average molecular weight is 180 g/mol. The number of hydrazine groups is 1. The van der Waals surface area contributed by atoms with E-state index in [-0.39, 0.29) is 0 Å². The molecule has 2 nitrogen and oxygen atoms in total. The molecule has 0 bridgehead atoms. The first-order valence-corrected chi connectivity index (χ1v) is 5.24. The smallest absolute Gasteiger partial charge is 0.0334 e. The van der Waals surface area contributed by atoms with Crippen molar-refractivity contribution in [2.24, 2.45) is 5.41 Å². The molecular formula is C11H20N2. The van der Waals surface area contributed by atoms with Crippen molar-refractivity contribution in [3.05, 3.63) is 11.6 Å². The van der Waals surface area contributed by atoms with Crippen molar-refractivity contribution in [3.8, 4) is 0 Å². The fourth-order valence-electron chi connectivity index (χ4n) is 2.70. The highest BCUT2D eigenvalue weighted by atomic mass is 15.5. The van der Waals surface area contributed by atoms with Crippen LogP contribution in [0, 0.1) is 5.41 Å². The Labute approximate surface area is 81.0 Å². The lowest BCUT2D eigenvalue weighted by molar-refractivity contribution is 0.109. The van der Waals surface area contributed by atoms with E-state index in [2.05, 4.69) is 30.5 Å². The summed E-state index contributed by atoms with van der Waals surface area (Å²) in [4.78, 5) is 0. The molecule has 2 aliphatic carbocycles. The topological polar surface area (TPSA) is 15.3 Å². The second-order valence-electron chi connectivity index (χ2n) is 4.68. The summed E-state index contributed by atoms with van der Waals surface area (Å²) in [6, 6.07) is 0.723. The number of allylic oxidation sites excluding steroid dienone is 1. The maximum absolute atomic E-state index is 3.25. The van der Waals surface area contributed by atoms with Crippen molar-refractivity contribution < 1.29 is 0 Å². The van der Waals surface area contributed by atoms with Crippen LogP contribution in [0.2, 0.25) is 0 Å². The Bertz CT molecular complexity index is 228. The molecule has 0 saturated heterocycles. The van der Waals surface area contributed by atoms with Gasteiger partial charge < -0.3 is 0 Å². The minimum atomic E-state index is 0.636. The highest BCUT2D eigenvalue weighted by Gasteiger charge is 2.51. The number of nitrogens with one attached hydrogen (secondary N) is 1. The molecule has 74 valence electrons. The Morgan fingerprint density at radius 2 is 2.23 bits per heavy atom. The van der Waals surface area contributed by atoms with Gasteiger partial charge in [0.15, 0.2) is 0 Å². The number of nitrogens with zero attached hydrogens (tertiary/aromatic N) is 1. The molecule has 13 heavy (non-hydrogen) atoms. The van der Waals surface area contributed by atoms with Gasteiger partial charge in [0.2, 0.25) is 0 Å². The van der Waals surface area contributed by atoms with Crippen LogP contribution in [-0.4, -0.2) is 25.1 Å². The SMILES string of the molecule is CNN(C)C1CC=C(C)CC12CC2. The van der Waals surface area contributed by atoms with Crippen LogP contribution in [0.15, 0.2) is 11.6 Å². The van der Waals surface area contributed by atoms with E-state index < -0.39 is 0 Å². The average Bonchev–Trinajstić information content (AvgIpc) is 2.84. The van der Waals surface area contributed by atoms with Gasteiger partial charge in [-0.3, -0.25) is 5.43 Å². The third kappa shape index (κ3) is 1.53. The van der Waals surface area contributed by atoms with Crippen molar-refractivity contribution in [3.63, 3.8) is 0 Å². The molecule has 2 rings (SSSR count). The van der Waals surface area contributed by atoms with E-state index >= 15 is 0 Å². The molecule has 0 amide bonds. The van der Waals surface area contributed by atoms with Crippen LogP contribution in [-0.2, 0) is 0 Å². The summed E-state index contributed by atoms with van der Waals surface area (Å²) in [7, 11) is 4.18. The number of hydrogen-bond donors (Lipinski definition) is 1. The van der Waals surface area contributed by atoms with Gasteiger partial charge in [-0.1, -0.05) is 11.6 Å². The van der Waals surface area contributed by atoms with Gasteiger partial charge in [-0.25, -0.2) is 5.01 Å². The molecule has 0 aromatic heterocycles. The third-order valence-corrected chi connectivity index (χ3v) is 3.74. The van der Waals surface area contributed by atoms with Crippen molar-refractivity contribution in [2.45, 2.75) is 38.6 Å². The highest BCUT2D eigenvalue weighted by molar-refractivity contribution is 5.18. The monoisotopic (exact) mass is 180 g/mol. The summed E-state index contributed by atoms with van der Waals surface area (Å²) in [6.45, 7) is 2.27. The first-order valence-electron chi connectivity index (χ1n) is 5.24. The molecule has 2 heteroatoms. The van der Waals surface area contributed by atoms with E-state index in [9.17, 15) is 0 Å². The zero-order chi connectivity index (χ0) is 9.47. The highest BCUT2D eigenvalue weighted by Crippen LogP contribution is 2.57. The van der Waals surface area contributed by atoms with Gasteiger partial charge in [-0.05, 0) is 45.1 Å². The van der Waals surface area contributed by atoms with E-state index in [0.29, 0.717) is 5.41 Å². The van der Waals surface area contributed by atoms with E-state index in [1.807, 2.05) is 7.05 Å². The van der Waals surface area contributed by atoms with Crippen LogP contribution in [0.1, 0.15) is 32.6 Å². The Morgan fingerprint density at radius 1 is 1.54 bits per heavy atom. The molecule has 1 N–H and O–H groups in total. The van der Waals surface area contributed by atoms with E-state index in [1.54, 1.807) is 5.57 Å². The molecular weight excluding hydrogens is 160 g/mol. The zero-order valence-corrected chi connectivity index (χ0v) is 8.93. The summed E-state index contributed by atoms with van der Waals surface area (Å²) in [5.41, 5.74) is 5.48. The maximum atomic E-state index is 3.25. The first kappa shape index (κ1) is 9.22. The van der Waals surface area contributed by atoms with E-state index in [1.165, 1.54) is 25.7 Å². The molecule has 2 aliphatic rings. The second-order valence-corrected chi connectivity index (χ2v) is 4.68. The van der Waals surface area contributed by atoms with Crippen molar-refractivity contribution in [1.82, 2.24) is 10.4 Å². The van der Waals surface area contributed by atoms with E-state index in [0.717, 1.165) is 6.04 Å². The molecule has 1 spiro atoms. The predicted octanol–water partition coefficient (Wildman–Crippen LogP) is 1.94. The maximum Gasteiger partial charge on any atom is 0.0334 e. The fourth-order valence-corrected chi connectivity index (χ4v) is 2.70. The lowest BCUT2D eigenvalue weighted by atomic mass is 9.82. The number of hydrogen-bond acceptors (Lipinski definition) is 2.